The Morgan fingerprint density at radius 2 is 1.52 bits per heavy atom. The fourth-order valence-electron chi connectivity index (χ4n) is 3.17. The third-order valence-electron chi connectivity index (χ3n) is 4.69. The number of hydroxylamine groups is 2. The van der Waals surface area contributed by atoms with E-state index in [1.165, 1.54) is 19.2 Å². The van der Waals surface area contributed by atoms with Crippen molar-refractivity contribution in [3.8, 4) is 5.75 Å². The van der Waals surface area contributed by atoms with Crippen LogP contribution in [0.25, 0.3) is 0 Å². The van der Waals surface area contributed by atoms with Crippen molar-refractivity contribution in [3.05, 3.63) is 65.2 Å². The Morgan fingerprint density at radius 3 is 2.08 bits per heavy atom. The Balaban J connectivity index is 1.61. The van der Waals surface area contributed by atoms with Crippen molar-refractivity contribution in [2.24, 2.45) is 0 Å². The van der Waals surface area contributed by atoms with E-state index in [9.17, 15) is 14.4 Å². The molecule has 6 heteroatoms. The van der Waals surface area contributed by atoms with Crippen LogP contribution in [-0.4, -0.2) is 30.0 Å². The maximum absolute atomic E-state index is 12.8. The van der Waals surface area contributed by atoms with Crippen LogP contribution in [0, 0.1) is 0 Å². The lowest BCUT2D eigenvalue weighted by atomic mass is 9.95. The number of hydrogen-bond donors (Lipinski definition) is 0. The van der Waals surface area contributed by atoms with Crippen molar-refractivity contribution in [1.82, 2.24) is 5.06 Å². The molecule has 6 nitrogen and oxygen atoms in total. The Bertz CT molecular complexity index is 865. The number of hydrogen-bond acceptors (Lipinski definition) is 5. The van der Waals surface area contributed by atoms with Crippen molar-refractivity contribution >= 4 is 17.8 Å². The molecule has 2 aromatic rings. The van der Waals surface area contributed by atoms with Gasteiger partial charge in [-0.1, -0.05) is 35.4 Å². The highest BCUT2D eigenvalue weighted by molar-refractivity contribution is 6.21. The molecule has 1 aliphatic heterocycles. The number of rotatable bonds is 4. The lowest BCUT2D eigenvalue weighted by Crippen LogP contribution is -2.37. The van der Waals surface area contributed by atoms with Crippen LogP contribution in [0.2, 0.25) is 0 Å². The minimum Gasteiger partial charge on any atom is -0.496 e. The highest BCUT2D eigenvalue weighted by Gasteiger charge is 2.56. The fourth-order valence-corrected chi connectivity index (χ4v) is 3.17. The highest BCUT2D eigenvalue weighted by Crippen LogP contribution is 2.52. The van der Waals surface area contributed by atoms with E-state index < -0.39 is 23.2 Å². The van der Waals surface area contributed by atoms with E-state index in [1.807, 2.05) is 12.1 Å². The van der Waals surface area contributed by atoms with Crippen LogP contribution in [0.3, 0.4) is 0 Å². The van der Waals surface area contributed by atoms with Crippen LogP contribution in [-0.2, 0) is 15.0 Å². The maximum Gasteiger partial charge on any atom is 0.343 e. The van der Waals surface area contributed by atoms with Crippen LogP contribution in [0.4, 0.5) is 0 Å². The predicted molar refractivity (Wildman–Crippen MR) is 86.9 cm³/mol. The molecule has 1 heterocycles. The number of fused-ring (bicyclic) bond motifs is 1. The second-order valence-electron chi connectivity index (χ2n) is 6.11. The average Bonchev–Trinajstić information content (AvgIpc) is 3.43. The first-order chi connectivity index (χ1) is 12.1. The minimum absolute atomic E-state index is 0.238. The van der Waals surface area contributed by atoms with E-state index in [1.54, 1.807) is 24.3 Å². The Kier molecular flexibility index (Phi) is 3.35. The number of methoxy groups -OCH3 is 1. The number of nitrogens with zero attached hydrogens (tertiary/aromatic N) is 1. The van der Waals surface area contributed by atoms with Crippen LogP contribution in [0.5, 0.6) is 5.75 Å². The molecule has 1 saturated carbocycles. The summed E-state index contributed by atoms with van der Waals surface area (Å²) in [6, 6.07) is 13.6. The summed E-state index contributed by atoms with van der Waals surface area (Å²) in [6.45, 7) is 0. The van der Waals surface area contributed by atoms with E-state index in [-0.39, 0.29) is 11.1 Å². The quantitative estimate of drug-likeness (QED) is 0.802. The van der Waals surface area contributed by atoms with Crippen LogP contribution in [0.15, 0.2) is 48.5 Å². The van der Waals surface area contributed by atoms with Gasteiger partial charge in [-0.15, -0.1) is 0 Å². The van der Waals surface area contributed by atoms with Gasteiger partial charge in [0.1, 0.15) is 5.75 Å². The summed E-state index contributed by atoms with van der Waals surface area (Å²) >= 11 is 0. The Hall–Kier alpha value is -3.15. The second kappa shape index (κ2) is 5.44. The van der Waals surface area contributed by atoms with Gasteiger partial charge in [0.2, 0.25) is 0 Å². The van der Waals surface area contributed by atoms with E-state index >= 15 is 0 Å². The molecule has 0 spiro atoms. The second-order valence-corrected chi connectivity index (χ2v) is 6.11. The van der Waals surface area contributed by atoms with E-state index in [4.69, 9.17) is 9.57 Å². The highest BCUT2D eigenvalue weighted by atomic mass is 16.7. The molecule has 1 aliphatic carbocycles. The molecule has 0 N–H and O–H groups in total. The molecule has 2 aliphatic rings. The molecule has 0 bridgehead atoms. The van der Waals surface area contributed by atoms with Gasteiger partial charge in [0.05, 0.1) is 23.7 Å². The van der Waals surface area contributed by atoms with Gasteiger partial charge in [-0.2, -0.15) is 0 Å². The number of ether oxygens (including phenoxy) is 1. The first-order valence-corrected chi connectivity index (χ1v) is 7.92. The summed E-state index contributed by atoms with van der Waals surface area (Å²) < 4.78 is 5.33. The summed E-state index contributed by atoms with van der Waals surface area (Å²) in [4.78, 5) is 42.7. The number of carbonyl (C=O) groups is 3. The number of amides is 2. The normalized spacial score (nSPS) is 17.2. The van der Waals surface area contributed by atoms with Crippen molar-refractivity contribution in [2.75, 3.05) is 7.11 Å². The fraction of sp³-hybridized carbons (Fsp3) is 0.211. The molecule has 2 aromatic carbocycles. The van der Waals surface area contributed by atoms with Crippen molar-refractivity contribution < 1.29 is 24.0 Å². The summed E-state index contributed by atoms with van der Waals surface area (Å²) in [5, 5.41) is 0.558. The molecular formula is C19H15NO5. The summed E-state index contributed by atoms with van der Waals surface area (Å²) in [6.07, 6.45) is 1.16. The molecule has 4 rings (SSSR count). The molecule has 0 aromatic heterocycles. The maximum atomic E-state index is 12.8. The van der Waals surface area contributed by atoms with Crippen molar-refractivity contribution in [2.45, 2.75) is 18.3 Å². The lowest BCUT2D eigenvalue weighted by Gasteiger charge is -2.20. The van der Waals surface area contributed by atoms with Crippen LogP contribution >= 0.6 is 0 Å². The van der Waals surface area contributed by atoms with Crippen LogP contribution in [0.1, 0.15) is 39.1 Å². The number of imide groups is 1. The van der Waals surface area contributed by atoms with Gasteiger partial charge in [0.25, 0.3) is 11.8 Å². The zero-order chi connectivity index (χ0) is 17.6. The summed E-state index contributed by atoms with van der Waals surface area (Å²) in [5.41, 5.74) is 0.311. The van der Waals surface area contributed by atoms with Gasteiger partial charge >= 0.3 is 5.97 Å². The molecule has 0 atom stereocenters. The van der Waals surface area contributed by atoms with Gasteiger partial charge < -0.3 is 9.57 Å². The van der Waals surface area contributed by atoms with Crippen molar-refractivity contribution in [3.63, 3.8) is 0 Å². The zero-order valence-electron chi connectivity index (χ0n) is 13.5. The molecule has 25 heavy (non-hydrogen) atoms. The third-order valence-corrected chi connectivity index (χ3v) is 4.69. The van der Waals surface area contributed by atoms with Gasteiger partial charge in [0.15, 0.2) is 0 Å². The first-order valence-electron chi connectivity index (χ1n) is 7.92. The molecule has 126 valence electrons. The molecule has 1 fully saturated rings. The summed E-state index contributed by atoms with van der Waals surface area (Å²) in [5.74, 6) is -1.28. The molecule has 0 unspecified atom stereocenters. The monoisotopic (exact) mass is 337 g/mol. The third kappa shape index (κ3) is 2.21. The predicted octanol–water partition coefficient (Wildman–Crippen LogP) is 2.48. The molecule has 0 radical (unpaired) electrons. The van der Waals surface area contributed by atoms with Gasteiger partial charge in [0, 0.05) is 5.56 Å². The van der Waals surface area contributed by atoms with Crippen molar-refractivity contribution in [1.29, 1.82) is 0 Å². The zero-order valence-corrected chi connectivity index (χ0v) is 13.5. The molecular weight excluding hydrogens is 322 g/mol. The van der Waals surface area contributed by atoms with Gasteiger partial charge in [-0.25, -0.2) is 4.79 Å². The van der Waals surface area contributed by atoms with Gasteiger partial charge in [-0.3, -0.25) is 9.59 Å². The van der Waals surface area contributed by atoms with E-state index in [0.29, 0.717) is 29.2 Å². The first kappa shape index (κ1) is 15.4. The SMILES string of the molecule is COc1ccccc1C1(C(=O)ON2C(=O)c3ccccc3C2=O)CC1. The van der Waals surface area contributed by atoms with Crippen LogP contribution < -0.4 is 4.74 Å². The lowest BCUT2D eigenvalue weighted by molar-refractivity contribution is -0.171. The largest absolute Gasteiger partial charge is 0.496 e. The smallest absolute Gasteiger partial charge is 0.343 e. The van der Waals surface area contributed by atoms with E-state index in [0.717, 1.165) is 0 Å². The van der Waals surface area contributed by atoms with Gasteiger partial charge in [-0.05, 0) is 31.0 Å². The molecule has 2 amide bonds. The number of benzene rings is 2. The average molecular weight is 337 g/mol. The topological polar surface area (TPSA) is 72.9 Å². The minimum atomic E-state index is -0.873. The standard InChI is InChI=1S/C19H15NO5/c1-24-15-9-5-4-8-14(15)19(10-11-19)18(23)25-20-16(21)12-6-2-3-7-13(12)17(20)22/h2-9H,10-11H2,1H3. The number of para-hydroxylation sites is 1. The Labute approximate surface area is 143 Å². The number of carbonyl (C=O) groups excluding carboxylic acids is 3. The summed E-state index contributed by atoms with van der Waals surface area (Å²) in [7, 11) is 1.53. The Morgan fingerprint density at radius 1 is 0.960 bits per heavy atom. The molecule has 0 saturated heterocycles. The van der Waals surface area contributed by atoms with E-state index in [2.05, 4.69) is 0 Å².